The molecule has 0 radical (unpaired) electrons. The highest BCUT2D eigenvalue weighted by Crippen LogP contribution is 2.13. The van der Waals surface area contributed by atoms with E-state index in [-0.39, 0.29) is 43.6 Å². The van der Waals surface area contributed by atoms with Gasteiger partial charge in [-0.25, -0.2) is 4.39 Å². The molecule has 0 heterocycles. The highest BCUT2D eigenvalue weighted by Gasteiger charge is 2.09. The number of anilines is 1. The van der Waals surface area contributed by atoms with Crippen LogP contribution in [0.5, 0.6) is 0 Å². The molecule has 0 saturated carbocycles. The maximum absolute atomic E-state index is 13.3. The molecule has 20 heavy (non-hydrogen) atoms. The molecule has 7 heteroatoms. The second-order valence-electron chi connectivity index (χ2n) is 4.39. The molecule has 0 spiro atoms. The summed E-state index contributed by atoms with van der Waals surface area (Å²) in [6, 6.07) is 4.46. The van der Waals surface area contributed by atoms with Crippen molar-refractivity contribution in [2.75, 3.05) is 25.5 Å². The molecule has 0 aromatic heterocycles. The van der Waals surface area contributed by atoms with Crippen molar-refractivity contribution >= 4 is 30.0 Å². The van der Waals surface area contributed by atoms with Gasteiger partial charge in [0.2, 0.25) is 5.91 Å². The Kier molecular flexibility index (Phi) is 7.79. The van der Waals surface area contributed by atoms with Crippen LogP contribution in [0.3, 0.4) is 0 Å². The van der Waals surface area contributed by atoms with Crippen molar-refractivity contribution in [1.29, 1.82) is 0 Å². The second-order valence-corrected chi connectivity index (χ2v) is 4.39. The molecule has 0 saturated heterocycles. The highest BCUT2D eigenvalue weighted by atomic mass is 35.5. The average molecular weight is 305 g/mol. The first-order valence-electron chi connectivity index (χ1n) is 5.85. The number of nitrogens with one attached hydrogen (secondary N) is 1. The zero-order chi connectivity index (χ0) is 14.4. The van der Waals surface area contributed by atoms with Gasteiger partial charge in [0.05, 0.1) is 13.0 Å². The van der Waals surface area contributed by atoms with E-state index in [2.05, 4.69) is 5.32 Å². The number of rotatable bonds is 6. The molecule has 0 fully saturated rings. The minimum atomic E-state index is -0.909. The lowest BCUT2D eigenvalue weighted by molar-refractivity contribution is -0.137. The molecule has 1 aromatic carbocycles. The van der Waals surface area contributed by atoms with Crippen molar-refractivity contribution in [2.45, 2.75) is 13.3 Å². The van der Waals surface area contributed by atoms with Gasteiger partial charge in [-0.2, -0.15) is 0 Å². The van der Waals surface area contributed by atoms with Crippen LogP contribution in [0.15, 0.2) is 18.2 Å². The number of hydrogen-bond acceptors (Lipinski definition) is 3. The van der Waals surface area contributed by atoms with Gasteiger partial charge in [-0.15, -0.1) is 12.4 Å². The number of likely N-dealkylation sites (N-methyl/N-ethyl adjacent to an activating group) is 1. The molecule has 0 aliphatic heterocycles. The maximum Gasteiger partial charge on any atom is 0.304 e. The Morgan fingerprint density at radius 1 is 1.40 bits per heavy atom. The number of carboxylic acid groups (broad SMARTS) is 1. The minimum Gasteiger partial charge on any atom is -0.481 e. The van der Waals surface area contributed by atoms with Gasteiger partial charge in [-0.3, -0.25) is 14.5 Å². The third-order valence-corrected chi connectivity index (χ3v) is 2.58. The van der Waals surface area contributed by atoms with Gasteiger partial charge < -0.3 is 10.4 Å². The Hall–Kier alpha value is -1.66. The molecule has 0 atom stereocenters. The summed E-state index contributed by atoms with van der Waals surface area (Å²) in [5.74, 6) is -1.60. The predicted octanol–water partition coefficient (Wildman–Crippen LogP) is 1.90. The number of carboxylic acids is 1. The molecule has 0 aliphatic carbocycles. The molecular weight excluding hydrogens is 287 g/mol. The van der Waals surface area contributed by atoms with Gasteiger partial charge in [0, 0.05) is 12.2 Å². The van der Waals surface area contributed by atoms with Gasteiger partial charge in [-0.05, 0) is 31.7 Å². The van der Waals surface area contributed by atoms with E-state index >= 15 is 0 Å². The Morgan fingerprint density at radius 3 is 2.60 bits per heavy atom. The number of nitrogens with zero attached hydrogens (tertiary/aromatic N) is 1. The summed E-state index contributed by atoms with van der Waals surface area (Å²) < 4.78 is 13.3. The van der Waals surface area contributed by atoms with Crippen LogP contribution in [-0.2, 0) is 9.59 Å². The normalized spacial score (nSPS) is 10.0. The first-order chi connectivity index (χ1) is 8.88. The van der Waals surface area contributed by atoms with E-state index in [0.29, 0.717) is 11.3 Å². The molecule has 112 valence electrons. The number of carbonyl (C=O) groups excluding carboxylic acids is 1. The molecule has 0 aliphatic rings. The zero-order valence-electron chi connectivity index (χ0n) is 11.4. The van der Waals surface area contributed by atoms with Crippen molar-refractivity contribution in [3.63, 3.8) is 0 Å². The molecule has 0 unspecified atom stereocenters. The van der Waals surface area contributed by atoms with Crippen LogP contribution >= 0.6 is 12.4 Å². The first kappa shape index (κ1) is 18.3. The molecule has 2 N–H and O–H groups in total. The number of halogens is 2. The minimum absolute atomic E-state index is 0. The fourth-order valence-electron chi connectivity index (χ4n) is 1.48. The van der Waals surface area contributed by atoms with Gasteiger partial charge in [-0.1, -0.05) is 6.07 Å². The predicted molar refractivity (Wildman–Crippen MR) is 76.8 cm³/mol. The van der Waals surface area contributed by atoms with Crippen LogP contribution in [0.2, 0.25) is 0 Å². The van der Waals surface area contributed by atoms with Crippen LogP contribution < -0.4 is 5.32 Å². The zero-order valence-corrected chi connectivity index (χ0v) is 12.2. The smallest absolute Gasteiger partial charge is 0.304 e. The van der Waals surface area contributed by atoms with E-state index in [0.717, 1.165) is 0 Å². The van der Waals surface area contributed by atoms with E-state index in [9.17, 15) is 14.0 Å². The number of aryl methyl sites for hydroxylation is 1. The quantitative estimate of drug-likeness (QED) is 0.842. The Balaban J connectivity index is 0.00000361. The van der Waals surface area contributed by atoms with E-state index in [4.69, 9.17) is 5.11 Å². The largest absolute Gasteiger partial charge is 0.481 e. The lowest BCUT2D eigenvalue weighted by atomic mass is 10.2. The lowest BCUT2D eigenvalue weighted by Crippen LogP contribution is -2.31. The summed E-state index contributed by atoms with van der Waals surface area (Å²) in [7, 11) is 1.65. The topological polar surface area (TPSA) is 69.6 Å². The maximum atomic E-state index is 13.3. The fraction of sp³-hybridized carbons (Fsp3) is 0.385. The number of hydrogen-bond donors (Lipinski definition) is 2. The van der Waals surface area contributed by atoms with E-state index in [1.165, 1.54) is 6.07 Å². The SMILES string of the molecule is Cc1ccc(NC(=O)CN(C)CCC(=O)O)cc1F.Cl. The highest BCUT2D eigenvalue weighted by molar-refractivity contribution is 5.92. The van der Waals surface area contributed by atoms with Gasteiger partial charge in [0.15, 0.2) is 0 Å². The van der Waals surface area contributed by atoms with E-state index in [1.807, 2.05) is 0 Å². The third-order valence-electron chi connectivity index (χ3n) is 2.58. The van der Waals surface area contributed by atoms with Crippen LogP contribution in [0.25, 0.3) is 0 Å². The van der Waals surface area contributed by atoms with Crippen molar-refractivity contribution in [1.82, 2.24) is 4.90 Å². The molecule has 1 amide bonds. The fourth-order valence-corrected chi connectivity index (χ4v) is 1.48. The molecule has 1 aromatic rings. The Labute approximate surface area is 123 Å². The van der Waals surface area contributed by atoms with Gasteiger partial charge >= 0.3 is 5.97 Å². The van der Waals surface area contributed by atoms with Crippen molar-refractivity contribution in [3.8, 4) is 0 Å². The second kappa shape index (κ2) is 8.50. The summed E-state index contributed by atoms with van der Waals surface area (Å²) in [5, 5.41) is 11.1. The van der Waals surface area contributed by atoms with Crippen LogP contribution in [0, 0.1) is 12.7 Å². The Morgan fingerprint density at radius 2 is 2.05 bits per heavy atom. The monoisotopic (exact) mass is 304 g/mol. The van der Waals surface area contributed by atoms with E-state index < -0.39 is 5.97 Å². The number of aliphatic carboxylic acids is 1. The van der Waals surface area contributed by atoms with Crippen molar-refractivity contribution < 1.29 is 19.1 Å². The van der Waals surface area contributed by atoms with Gasteiger partial charge in [0.25, 0.3) is 0 Å². The summed E-state index contributed by atoms with van der Waals surface area (Å²) in [6.07, 6.45) is -0.0249. The van der Waals surface area contributed by atoms with Gasteiger partial charge in [0.1, 0.15) is 5.82 Å². The summed E-state index contributed by atoms with van der Waals surface area (Å²) in [6.45, 7) is 1.98. The van der Waals surface area contributed by atoms with E-state index in [1.54, 1.807) is 31.0 Å². The Bertz CT molecular complexity index is 483. The molecule has 5 nitrogen and oxygen atoms in total. The standard InChI is InChI=1S/C13H17FN2O3.ClH/c1-9-3-4-10(7-11(9)14)15-12(17)8-16(2)6-5-13(18)19;/h3-4,7H,5-6,8H2,1-2H3,(H,15,17)(H,18,19);1H. The van der Waals surface area contributed by atoms with Crippen LogP contribution in [0.4, 0.5) is 10.1 Å². The number of benzene rings is 1. The molecule has 0 bridgehead atoms. The average Bonchev–Trinajstić information content (AvgIpc) is 2.31. The summed E-state index contributed by atoms with van der Waals surface area (Å²) in [4.78, 5) is 23.6. The summed E-state index contributed by atoms with van der Waals surface area (Å²) >= 11 is 0. The first-order valence-corrected chi connectivity index (χ1v) is 5.85. The van der Waals surface area contributed by atoms with Crippen LogP contribution in [-0.4, -0.2) is 42.0 Å². The molecular formula is C13H18ClFN2O3. The lowest BCUT2D eigenvalue weighted by Gasteiger charge is -2.15. The van der Waals surface area contributed by atoms with Crippen molar-refractivity contribution in [3.05, 3.63) is 29.6 Å². The van der Waals surface area contributed by atoms with Crippen LogP contribution in [0.1, 0.15) is 12.0 Å². The molecule has 1 rings (SSSR count). The number of amides is 1. The number of carbonyl (C=O) groups is 2. The summed E-state index contributed by atoms with van der Waals surface area (Å²) in [5.41, 5.74) is 0.899. The van der Waals surface area contributed by atoms with Crippen molar-refractivity contribution in [2.24, 2.45) is 0 Å². The third kappa shape index (κ3) is 6.49.